The molecule has 2 aromatic carbocycles. The number of para-hydroxylation sites is 1. The number of benzene rings is 2. The second kappa shape index (κ2) is 7.71. The molecule has 0 radical (unpaired) electrons. The molecule has 0 amide bonds. The van der Waals surface area contributed by atoms with Gasteiger partial charge in [0.25, 0.3) is 5.19 Å². The van der Waals surface area contributed by atoms with Crippen LogP contribution in [0.1, 0.15) is 0 Å². The summed E-state index contributed by atoms with van der Waals surface area (Å²) < 4.78 is 14.4. The number of hydrogen-bond acceptors (Lipinski definition) is 8. The molecule has 0 aliphatic heterocycles. The van der Waals surface area contributed by atoms with Gasteiger partial charge in [0.05, 0.1) is 16.8 Å². The van der Waals surface area contributed by atoms with E-state index in [1.165, 1.54) is 23.1 Å². The minimum absolute atomic E-state index is 0.483. The van der Waals surface area contributed by atoms with Gasteiger partial charge >= 0.3 is 0 Å². The molecule has 0 saturated carbocycles. The zero-order valence-corrected chi connectivity index (χ0v) is 15.5. The lowest BCUT2D eigenvalue weighted by Crippen LogP contribution is -2.10. The van der Waals surface area contributed by atoms with Gasteiger partial charge in [-0.1, -0.05) is 35.2 Å². The number of ether oxygens (including phenoxy) is 2. The Hall–Kier alpha value is -2.65. The van der Waals surface area contributed by atoms with Crippen LogP contribution in [-0.4, -0.2) is 38.1 Å². The van der Waals surface area contributed by atoms with Crippen molar-refractivity contribution in [1.29, 1.82) is 0 Å². The minimum atomic E-state index is 0.483. The fourth-order valence-electron chi connectivity index (χ4n) is 2.33. The number of thioether (sulfide) groups is 1. The molecular weight excluding hydrogens is 370 g/mol. The summed E-state index contributed by atoms with van der Waals surface area (Å²) in [5.74, 6) is 1.49. The van der Waals surface area contributed by atoms with Crippen LogP contribution in [0.25, 0.3) is 10.2 Å². The molecule has 2 heterocycles. The molecule has 0 saturated heterocycles. The second-order valence-corrected chi connectivity index (χ2v) is 7.02. The SMILES string of the molecule is CSc1nnnn1CCOc1ccc(Oc2nc3ccccc3s2)cc1. The molecule has 0 aliphatic rings. The van der Waals surface area contributed by atoms with E-state index in [4.69, 9.17) is 9.47 Å². The highest BCUT2D eigenvalue weighted by atomic mass is 32.2. The lowest BCUT2D eigenvalue weighted by atomic mass is 10.3. The van der Waals surface area contributed by atoms with E-state index in [1.54, 1.807) is 4.68 Å². The lowest BCUT2D eigenvalue weighted by Gasteiger charge is -2.07. The van der Waals surface area contributed by atoms with Gasteiger partial charge in [0, 0.05) is 0 Å². The standard InChI is InChI=1S/C17H15N5O2S2/c1-25-16-19-20-21-22(16)10-11-23-12-6-8-13(9-7-12)24-17-18-14-4-2-3-5-15(14)26-17/h2-9H,10-11H2,1H3. The molecule has 26 heavy (non-hydrogen) atoms. The fraction of sp³-hybridized carbons (Fsp3) is 0.176. The van der Waals surface area contributed by atoms with Crippen LogP contribution in [0.5, 0.6) is 16.7 Å². The third-order valence-corrected chi connectivity index (χ3v) is 5.13. The van der Waals surface area contributed by atoms with Gasteiger partial charge in [-0.2, -0.15) is 0 Å². The molecule has 0 N–H and O–H groups in total. The van der Waals surface area contributed by atoms with E-state index >= 15 is 0 Å². The summed E-state index contributed by atoms with van der Waals surface area (Å²) in [4.78, 5) is 4.47. The van der Waals surface area contributed by atoms with Gasteiger partial charge in [-0.15, -0.1) is 5.10 Å². The van der Waals surface area contributed by atoms with Crippen LogP contribution in [0.15, 0.2) is 53.7 Å². The van der Waals surface area contributed by atoms with Crippen molar-refractivity contribution in [2.45, 2.75) is 11.7 Å². The zero-order chi connectivity index (χ0) is 17.8. The molecule has 0 unspecified atom stereocenters. The second-order valence-electron chi connectivity index (χ2n) is 5.26. The summed E-state index contributed by atoms with van der Waals surface area (Å²) in [7, 11) is 0. The van der Waals surface area contributed by atoms with Gasteiger partial charge in [0.2, 0.25) is 5.16 Å². The number of nitrogens with zero attached hydrogens (tertiary/aromatic N) is 5. The molecule has 0 spiro atoms. The molecule has 132 valence electrons. The first kappa shape index (κ1) is 16.8. The van der Waals surface area contributed by atoms with Crippen LogP contribution >= 0.6 is 23.1 Å². The molecule has 4 rings (SSSR count). The van der Waals surface area contributed by atoms with Gasteiger partial charge in [0.15, 0.2) is 0 Å². The maximum Gasteiger partial charge on any atom is 0.279 e. The van der Waals surface area contributed by atoms with Crippen LogP contribution < -0.4 is 9.47 Å². The number of tetrazole rings is 1. The van der Waals surface area contributed by atoms with E-state index in [-0.39, 0.29) is 0 Å². The highest BCUT2D eigenvalue weighted by Gasteiger charge is 2.06. The van der Waals surface area contributed by atoms with Crippen LogP contribution in [0, 0.1) is 0 Å². The lowest BCUT2D eigenvalue weighted by molar-refractivity contribution is 0.283. The Morgan fingerprint density at radius 2 is 1.88 bits per heavy atom. The average molecular weight is 385 g/mol. The van der Waals surface area contributed by atoms with Gasteiger partial charge in [-0.05, 0) is 53.1 Å². The summed E-state index contributed by atoms with van der Waals surface area (Å²) in [5.41, 5.74) is 0.944. The number of fused-ring (bicyclic) bond motifs is 1. The molecular formula is C17H15N5O2S2. The summed E-state index contributed by atoms with van der Waals surface area (Å²) in [6.07, 6.45) is 1.94. The first-order valence-electron chi connectivity index (χ1n) is 7.88. The van der Waals surface area contributed by atoms with Crippen molar-refractivity contribution in [3.05, 3.63) is 48.5 Å². The van der Waals surface area contributed by atoms with E-state index in [2.05, 4.69) is 20.5 Å². The van der Waals surface area contributed by atoms with E-state index in [9.17, 15) is 0 Å². The Morgan fingerprint density at radius 1 is 1.08 bits per heavy atom. The Bertz CT molecular complexity index is 967. The van der Waals surface area contributed by atoms with E-state index in [1.807, 2.05) is 54.8 Å². The zero-order valence-electron chi connectivity index (χ0n) is 13.9. The summed E-state index contributed by atoms with van der Waals surface area (Å²) >= 11 is 3.03. The van der Waals surface area contributed by atoms with Crippen LogP contribution in [0.2, 0.25) is 0 Å². The molecule has 0 bridgehead atoms. The predicted molar refractivity (Wildman–Crippen MR) is 101 cm³/mol. The van der Waals surface area contributed by atoms with Gasteiger partial charge in [-0.3, -0.25) is 0 Å². The van der Waals surface area contributed by atoms with Crippen molar-refractivity contribution in [3.63, 3.8) is 0 Å². The molecule has 0 atom stereocenters. The highest BCUT2D eigenvalue weighted by molar-refractivity contribution is 7.98. The number of aromatic nitrogens is 5. The Labute approximate surface area is 158 Å². The van der Waals surface area contributed by atoms with Crippen LogP contribution in [-0.2, 0) is 6.54 Å². The van der Waals surface area contributed by atoms with E-state index < -0.39 is 0 Å². The predicted octanol–water partition coefficient (Wildman–Crippen LogP) is 3.88. The average Bonchev–Trinajstić information content (AvgIpc) is 3.29. The van der Waals surface area contributed by atoms with Gasteiger partial charge in [0.1, 0.15) is 18.1 Å². The Kier molecular flexibility index (Phi) is 4.98. The van der Waals surface area contributed by atoms with Gasteiger partial charge in [-0.25, -0.2) is 9.67 Å². The Morgan fingerprint density at radius 3 is 2.69 bits per heavy atom. The largest absolute Gasteiger partial charge is 0.492 e. The third-order valence-electron chi connectivity index (χ3n) is 3.56. The number of thiazole rings is 1. The van der Waals surface area contributed by atoms with Crippen LogP contribution in [0.4, 0.5) is 0 Å². The van der Waals surface area contributed by atoms with Crippen molar-refractivity contribution in [1.82, 2.24) is 25.2 Å². The monoisotopic (exact) mass is 385 g/mol. The minimum Gasteiger partial charge on any atom is -0.492 e. The summed E-state index contributed by atoms with van der Waals surface area (Å²) in [5, 5.41) is 12.9. The van der Waals surface area contributed by atoms with Crippen molar-refractivity contribution in [2.75, 3.05) is 12.9 Å². The summed E-state index contributed by atoms with van der Waals surface area (Å²) in [6.45, 7) is 1.07. The summed E-state index contributed by atoms with van der Waals surface area (Å²) in [6, 6.07) is 15.4. The van der Waals surface area contributed by atoms with E-state index in [0.717, 1.165) is 26.9 Å². The molecule has 0 fully saturated rings. The Balaban J connectivity index is 1.34. The molecule has 4 aromatic rings. The smallest absolute Gasteiger partial charge is 0.279 e. The number of hydrogen-bond donors (Lipinski definition) is 0. The van der Waals surface area contributed by atoms with Crippen molar-refractivity contribution < 1.29 is 9.47 Å². The van der Waals surface area contributed by atoms with Gasteiger partial charge < -0.3 is 9.47 Å². The van der Waals surface area contributed by atoms with Crippen LogP contribution in [0.3, 0.4) is 0 Å². The molecule has 0 aliphatic carbocycles. The maximum atomic E-state index is 5.83. The molecule has 9 heteroatoms. The molecule has 7 nitrogen and oxygen atoms in total. The van der Waals surface area contributed by atoms with Crippen molar-refractivity contribution in [2.24, 2.45) is 0 Å². The highest BCUT2D eigenvalue weighted by Crippen LogP contribution is 2.31. The maximum absolute atomic E-state index is 5.83. The first-order valence-corrected chi connectivity index (χ1v) is 9.92. The topological polar surface area (TPSA) is 75.0 Å². The molecule has 2 aromatic heterocycles. The normalized spacial score (nSPS) is 11.0. The van der Waals surface area contributed by atoms with E-state index in [0.29, 0.717) is 18.3 Å². The third kappa shape index (κ3) is 3.78. The van der Waals surface area contributed by atoms with Crippen molar-refractivity contribution >= 4 is 33.3 Å². The number of rotatable bonds is 7. The quantitative estimate of drug-likeness (QED) is 0.447. The fourth-order valence-corrected chi connectivity index (χ4v) is 3.62. The van der Waals surface area contributed by atoms with Crippen molar-refractivity contribution in [3.8, 4) is 16.7 Å². The first-order chi connectivity index (χ1) is 12.8.